The second-order valence-electron chi connectivity index (χ2n) is 3.27. The Morgan fingerprint density at radius 2 is 2.00 bits per heavy atom. The second-order valence-corrected chi connectivity index (χ2v) is 3.27. The van der Waals surface area contributed by atoms with Gasteiger partial charge in [-0.25, -0.2) is 0 Å². The molecule has 1 saturated heterocycles. The van der Waals surface area contributed by atoms with Crippen molar-refractivity contribution < 1.29 is 9.47 Å². The van der Waals surface area contributed by atoms with E-state index < -0.39 is 5.79 Å². The number of rotatable bonds is 1. The summed E-state index contributed by atoms with van der Waals surface area (Å²) in [5.41, 5.74) is 1.71. The van der Waals surface area contributed by atoms with Crippen molar-refractivity contribution in [3.8, 4) is 0 Å². The zero-order valence-electron chi connectivity index (χ0n) is 7.62. The summed E-state index contributed by atoms with van der Waals surface area (Å²) in [5, 5.41) is 0. The number of hydrogen-bond acceptors (Lipinski definition) is 2. The van der Waals surface area contributed by atoms with Gasteiger partial charge < -0.3 is 9.47 Å². The minimum atomic E-state index is -0.602. The van der Waals surface area contributed by atoms with Gasteiger partial charge in [-0.15, -0.1) is 0 Å². The van der Waals surface area contributed by atoms with Crippen LogP contribution in [0.5, 0.6) is 0 Å². The van der Waals surface area contributed by atoms with Crippen molar-refractivity contribution in [3.05, 3.63) is 29.8 Å². The van der Waals surface area contributed by atoms with Gasteiger partial charge in [0.1, 0.15) is 7.85 Å². The molecule has 0 aliphatic carbocycles. The Labute approximate surface area is 79.3 Å². The molecule has 1 aliphatic heterocycles. The van der Waals surface area contributed by atoms with Gasteiger partial charge in [-0.2, -0.15) is 0 Å². The largest absolute Gasteiger partial charge is 0.344 e. The Bertz CT molecular complexity index is 306. The average Bonchev–Trinajstić information content (AvgIpc) is 2.54. The molecule has 0 unspecified atom stereocenters. The van der Waals surface area contributed by atoms with E-state index in [1.165, 1.54) is 0 Å². The molecule has 66 valence electrons. The molecular weight excluding hydrogens is 163 g/mol. The minimum Gasteiger partial charge on any atom is -0.344 e. The normalized spacial score (nSPS) is 20.4. The zero-order valence-corrected chi connectivity index (χ0v) is 7.62. The molecule has 1 aromatic rings. The molecule has 0 spiro atoms. The third kappa shape index (κ3) is 1.62. The van der Waals surface area contributed by atoms with E-state index in [9.17, 15) is 0 Å². The molecule has 2 radical (unpaired) electrons. The van der Waals surface area contributed by atoms with Crippen LogP contribution in [0.3, 0.4) is 0 Å². The lowest BCUT2D eigenvalue weighted by atomic mass is 9.92. The van der Waals surface area contributed by atoms with Crippen LogP contribution in [0.1, 0.15) is 12.5 Å². The molecule has 0 aromatic heterocycles. The van der Waals surface area contributed by atoms with Gasteiger partial charge in [0, 0.05) is 5.56 Å². The van der Waals surface area contributed by atoms with Crippen molar-refractivity contribution in [3.63, 3.8) is 0 Å². The zero-order chi connectivity index (χ0) is 9.31. The van der Waals surface area contributed by atoms with Crippen molar-refractivity contribution in [2.24, 2.45) is 0 Å². The molecule has 1 aromatic carbocycles. The van der Waals surface area contributed by atoms with Gasteiger partial charge >= 0.3 is 0 Å². The van der Waals surface area contributed by atoms with E-state index in [4.69, 9.17) is 17.3 Å². The maximum Gasteiger partial charge on any atom is 0.192 e. The first-order chi connectivity index (χ1) is 6.21. The molecule has 3 heteroatoms. The Morgan fingerprint density at radius 1 is 1.31 bits per heavy atom. The molecule has 1 aliphatic rings. The van der Waals surface area contributed by atoms with Gasteiger partial charge in [0.15, 0.2) is 5.79 Å². The fourth-order valence-electron chi connectivity index (χ4n) is 1.50. The van der Waals surface area contributed by atoms with Crippen molar-refractivity contribution in [2.45, 2.75) is 12.7 Å². The second kappa shape index (κ2) is 3.16. The number of hydrogen-bond donors (Lipinski definition) is 0. The monoisotopic (exact) mass is 174 g/mol. The van der Waals surface area contributed by atoms with Crippen molar-refractivity contribution in [1.82, 2.24) is 0 Å². The van der Waals surface area contributed by atoms with E-state index in [1.54, 1.807) is 0 Å². The fraction of sp³-hybridized carbons (Fsp3) is 0.400. The first-order valence-corrected chi connectivity index (χ1v) is 4.35. The lowest BCUT2D eigenvalue weighted by Crippen LogP contribution is -2.23. The van der Waals surface area contributed by atoms with Crippen LogP contribution < -0.4 is 5.46 Å². The first kappa shape index (κ1) is 8.79. The van der Waals surface area contributed by atoms with Gasteiger partial charge in [-0.3, -0.25) is 0 Å². The lowest BCUT2D eigenvalue weighted by Gasteiger charge is -2.22. The molecule has 0 bridgehead atoms. The topological polar surface area (TPSA) is 18.5 Å². The molecule has 2 rings (SSSR count). The highest BCUT2D eigenvalue weighted by atomic mass is 16.7. The molecular formula is C10H11BO2. The smallest absolute Gasteiger partial charge is 0.192 e. The van der Waals surface area contributed by atoms with Crippen molar-refractivity contribution in [1.29, 1.82) is 0 Å². The van der Waals surface area contributed by atoms with Gasteiger partial charge in [0.05, 0.1) is 13.2 Å². The van der Waals surface area contributed by atoms with Crippen LogP contribution >= 0.6 is 0 Å². The Hall–Kier alpha value is -0.795. The molecule has 1 fully saturated rings. The maximum absolute atomic E-state index is 5.67. The Morgan fingerprint density at radius 3 is 2.62 bits per heavy atom. The lowest BCUT2D eigenvalue weighted by molar-refractivity contribution is -0.149. The van der Waals surface area contributed by atoms with E-state index in [1.807, 2.05) is 31.2 Å². The van der Waals surface area contributed by atoms with E-state index in [-0.39, 0.29) is 0 Å². The van der Waals surface area contributed by atoms with Crippen molar-refractivity contribution in [2.75, 3.05) is 13.2 Å². The average molecular weight is 174 g/mol. The third-order valence-electron chi connectivity index (χ3n) is 2.25. The minimum absolute atomic E-state index is 0.602. The van der Waals surface area contributed by atoms with Crippen molar-refractivity contribution >= 4 is 13.3 Å². The highest BCUT2D eigenvalue weighted by Crippen LogP contribution is 2.29. The van der Waals surface area contributed by atoms with Gasteiger partial charge in [-0.1, -0.05) is 29.7 Å². The Kier molecular flexibility index (Phi) is 2.14. The number of benzene rings is 1. The highest BCUT2D eigenvalue weighted by Gasteiger charge is 2.32. The van der Waals surface area contributed by atoms with E-state index >= 15 is 0 Å². The molecule has 0 N–H and O–H groups in total. The van der Waals surface area contributed by atoms with E-state index in [0.29, 0.717) is 13.2 Å². The summed E-state index contributed by atoms with van der Waals surface area (Å²) >= 11 is 0. The summed E-state index contributed by atoms with van der Waals surface area (Å²) < 4.78 is 11.0. The fourth-order valence-corrected chi connectivity index (χ4v) is 1.50. The summed E-state index contributed by atoms with van der Waals surface area (Å²) in [5.74, 6) is -0.602. The third-order valence-corrected chi connectivity index (χ3v) is 2.25. The van der Waals surface area contributed by atoms with Crippen LogP contribution in [0.4, 0.5) is 0 Å². The summed E-state index contributed by atoms with van der Waals surface area (Å²) in [6, 6.07) is 7.59. The van der Waals surface area contributed by atoms with Crippen LogP contribution in [0.25, 0.3) is 0 Å². The molecule has 1 heterocycles. The van der Waals surface area contributed by atoms with Gasteiger partial charge in [-0.05, 0) is 6.92 Å². The van der Waals surface area contributed by atoms with Gasteiger partial charge in [0.25, 0.3) is 0 Å². The summed E-state index contributed by atoms with van der Waals surface area (Å²) in [6.07, 6.45) is 0. The summed E-state index contributed by atoms with van der Waals surface area (Å²) in [4.78, 5) is 0. The van der Waals surface area contributed by atoms with Crippen LogP contribution in [0, 0.1) is 0 Å². The standard InChI is InChI=1S/C10H11BO2/c1-10(12-5-6-13-10)8-3-2-4-9(11)7-8/h2-4,7H,5-6H2,1H3. The van der Waals surface area contributed by atoms with Crippen LogP contribution in [0.15, 0.2) is 24.3 Å². The van der Waals surface area contributed by atoms with Crippen LogP contribution in [-0.2, 0) is 15.3 Å². The molecule has 2 nitrogen and oxygen atoms in total. The predicted molar refractivity (Wildman–Crippen MR) is 51.1 cm³/mol. The quantitative estimate of drug-likeness (QED) is 0.583. The predicted octanol–water partition coefficient (Wildman–Crippen LogP) is 0.700. The van der Waals surface area contributed by atoms with E-state index in [2.05, 4.69) is 0 Å². The van der Waals surface area contributed by atoms with E-state index in [0.717, 1.165) is 11.0 Å². The van der Waals surface area contributed by atoms with Gasteiger partial charge in [0.2, 0.25) is 0 Å². The summed E-state index contributed by atoms with van der Waals surface area (Å²) in [6.45, 7) is 3.20. The molecule has 13 heavy (non-hydrogen) atoms. The first-order valence-electron chi connectivity index (χ1n) is 4.35. The number of ether oxygens (including phenoxy) is 2. The maximum atomic E-state index is 5.67. The summed E-state index contributed by atoms with van der Waals surface area (Å²) in [7, 11) is 5.67. The SMILES string of the molecule is [B]c1cccc(C2(C)OCCO2)c1. The molecule has 0 amide bonds. The molecule has 0 atom stereocenters. The van der Waals surface area contributed by atoms with Crippen LogP contribution in [0.2, 0.25) is 0 Å². The van der Waals surface area contributed by atoms with Crippen LogP contribution in [-0.4, -0.2) is 21.1 Å². The highest BCUT2D eigenvalue weighted by molar-refractivity contribution is 6.32. The molecule has 0 saturated carbocycles. The Balaban J connectivity index is 2.33.